The van der Waals surface area contributed by atoms with Gasteiger partial charge in [-0.3, -0.25) is 14.5 Å². The lowest BCUT2D eigenvalue weighted by molar-refractivity contribution is -0.135. The molecule has 1 aliphatic rings. The molecule has 2 N–H and O–H groups in total. The Bertz CT molecular complexity index is 705. The largest absolute Gasteiger partial charge is 0.352 e. The van der Waals surface area contributed by atoms with E-state index in [9.17, 15) is 18.8 Å². The summed E-state index contributed by atoms with van der Waals surface area (Å²) in [7, 11) is 0. The first-order valence-electron chi connectivity index (χ1n) is 9.33. The van der Waals surface area contributed by atoms with Crippen molar-refractivity contribution in [2.24, 2.45) is 5.92 Å². The predicted octanol–water partition coefficient (Wildman–Crippen LogP) is 2.92. The van der Waals surface area contributed by atoms with E-state index < -0.39 is 23.3 Å². The number of carbonyl (C=O) groups is 3. The summed E-state index contributed by atoms with van der Waals surface area (Å²) in [5.41, 5.74) is -0.847. The van der Waals surface area contributed by atoms with Crippen LogP contribution in [0.5, 0.6) is 0 Å². The van der Waals surface area contributed by atoms with Gasteiger partial charge in [0.15, 0.2) is 0 Å². The highest BCUT2D eigenvalue weighted by Crippen LogP contribution is 2.28. The zero-order valence-electron chi connectivity index (χ0n) is 16.3. The molecule has 0 radical (unpaired) electrons. The third kappa shape index (κ3) is 5.05. The number of rotatable bonds is 8. The Hall–Kier alpha value is -2.44. The molecule has 1 aliphatic heterocycles. The number of amides is 4. The van der Waals surface area contributed by atoms with Crippen LogP contribution in [-0.4, -0.2) is 35.3 Å². The maximum absolute atomic E-state index is 13.1. The van der Waals surface area contributed by atoms with Gasteiger partial charge in [-0.05, 0) is 43.9 Å². The predicted molar refractivity (Wildman–Crippen MR) is 100 cm³/mol. The second-order valence-corrected chi connectivity index (χ2v) is 7.75. The van der Waals surface area contributed by atoms with Crippen molar-refractivity contribution < 1.29 is 18.8 Å². The fraction of sp³-hybridized carbons (Fsp3) is 0.550. The molecule has 0 spiro atoms. The van der Waals surface area contributed by atoms with Gasteiger partial charge >= 0.3 is 6.03 Å². The van der Waals surface area contributed by atoms with Crippen LogP contribution in [0.15, 0.2) is 24.3 Å². The molecule has 27 heavy (non-hydrogen) atoms. The van der Waals surface area contributed by atoms with Crippen molar-refractivity contribution in [2.45, 2.75) is 58.5 Å². The van der Waals surface area contributed by atoms with Crippen molar-refractivity contribution in [3.05, 3.63) is 35.6 Å². The van der Waals surface area contributed by atoms with Crippen molar-refractivity contribution >= 4 is 17.8 Å². The zero-order valence-corrected chi connectivity index (χ0v) is 16.3. The number of benzene rings is 1. The van der Waals surface area contributed by atoms with Gasteiger partial charge in [0.1, 0.15) is 17.9 Å². The number of hydrogen-bond acceptors (Lipinski definition) is 3. The number of carbonyl (C=O) groups excluding carboxylic acids is 3. The van der Waals surface area contributed by atoms with E-state index in [4.69, 9.17) is 0 Å². The molecule has 1 fully saturated rings. The molecular weight excluding hydrogens is 349 g/mol. The third-order valence-corrected chi connectivity index (χ3v) is 4.82. The Morgan fingerprint density at radius 3 is 2.41 bits per heavy atom. The first kappa shape index (κ1) is 20.9. The SMILES string of the molecule is CC(C)CCC[C@@H](C)NC(=O)CN1C(=O)N[C@@](C)(c2ccc(F)cc2)C1=O. The molecule has 148 valence electrons. The maximum Gasteiger partial charge on any atom is 0.325 e. The Labute approximate surface area is 159 Å². The van der Waals surface area contributed by atoms with E-state index in [1.807, 2.05) is 6.92 Å². The van der Waals surface area contributed by atoms with E-state index in [2.05, 4.69) is 24.5 Å². The van der Waals surface area contributed by atoms with Crippen LogP contribution < -0.4 is 10.6 Å². The summed E-state index contributed by atoms with van der Waals surface area (Å²) in [4.78, 5) is 38.2. The average Bonchev–Trinajstić information content (AvgIpc) is 2.79. The molecule has 0 saturated carbocycles. The van der Waals surface area contributed by atoms with E-state index in [1.165, 1.54) is 24.3 Å². The fourth-order valence-corrected chi connectivity index (χ4v) is 3.19. The van der Waals surface area contributed by atoms with E-state index >= 15 is 0 Å². The number of nitrogens with zero attached hydrogens (tertiary/aromatic N) is 1. The van der Waals surface area contributed by atoms with E-state index in [-0.39, 0.29) is 18.5 Å². The topological polar surface area (TPSA) is 78.5 Å². The zero-order chi connectivity index (χ0) is 20.2. The molecule has 2 rings (SSSR count). The Morgan fingerprint density at radius 1 is 1.19 bits per heavy atom. The molecule has 0 bridgehead atoms. The second-order valence-electron chi connectivity index (χ2n) is 7.75. The van der Waals surface area contributed by atoms with Gasteiger partial charge in [-0.25, -0.2) is 9.18 Å². The monoisotopic (exact) mass is 377 g/mol. The van der Waals surface area contributed by atoms with Crippen molar-refractivity contribution in [2.75, 3.05) is 6.54 Å². The summed E-state index contributed by atoms with van der Waals surface area (Å²) in [5, 5.41) is 5.44. The van der Waals surface area contributed by atoms with Gasteiger partial charge in [0.2, 0.25) is 5.91 Å². The van der Waals surface area contributed by atoms with Crippen molar-refractivity contribution in [3.63, 3.8) is 0 Å². The summed E-state index contributed by atoms with van der Waals surface area (Å²) in [6.07, 6.45) is 2.94. The van der Waals surface area contributed by atoms with Crippen LogP contribution in [0.2, 0.25) is 0 Å². The van der Waals surface area contributed by atoms with E-state index in [0.29, 0.717) is 11.5 Å². The Balaban J connectivity index is 1.96. The summed E-state index contributed by atoms with van der Waals surface area (Å²) >= 11 is 0. The fourth-order valence-electron chi connectivity index (χ4n) is 3.19. The van der Waals surface area contributed by atoms with Crippen LogP contribution in [0, 0.1) is 11.7 Å². The molecule has 0 aliphatic carbocycles. The summed E-state index contributed by atoms with van der Waals surface area (Å²) in [5.74, 6) is -0.717. The second kappa shape index (κ2) is 8.50. The number of nitrogens with one attached hydrogen (secondary N) is 2. The minimum absolute atomic E-state index is 0.0273. The first-order chi connectivity index (χ1) is 12.6. The van der Waals surface area contributed by atoms with Gasteiger partial charge in [0, 0.05) is 6.04 Å². The minimum atomic E-state index is -1.31. The molecule has 4 amide bonds. The van der Waals surface area contributed by atoms with Gasteiger partial charge in [0.25, 0.3) is 5.91 Å². The highest BCUT2D eigenvalue weighted by Gasteiger charge is 2.49. The highest BCUT2D eigenvalue weighted by molar-refractivity contribution is 6.09. The van der Waals surface area contributed by atoms with Crippen LogP contribution in [0.3, 0.4) is 0 Å². The molecule has 1 aromatic carbocycles. The molecular formula is C20H28FN3O3. The molecule has 1 heterocycles. The normalized spacial score (nSPS) is 20.7. The van der Waals surface area contributed by atoms with Crippen molar-refractivity contribution in [1.29, 1.82) is 0 Å². The first-order valence-corrected chi connectivity index (χ1v) is 9.33. The van der Waals surface area contributed by atoms with Crippen molar-refractivity contribution in [3.8, 4) is 0 Å². The minimum Gasteiger partial charge on any atom is -0.352 e. The number of imide groups is 1. The number of halogens is 1. The van der Waals surface area contributed by atoms with E-state index in [1.54, 1.807) is 6.92 Å². The Morgan fingerprint density at radius 2 is 1.81 bits per heavy atom. The highest BCUT2D eigenvalue weighted by atomic mass is 19.1. The van der Waals surface area contributed by atoms with Crippen LogP contribution in [0.25, 0.3) is 0 Å². The Kier molecular flexibility index (Phi) is 6.57. The molecule has 0 aromatic heterocycles. The smallest absolute Gasteiger partial charge is 0.325 e. The molecule has 6 nitrogen and oxygen atoms in total. The van der Waals surface area contributed by atoms with E-state index in [0.717, 1.165) is 24.2 Å². The summed E-state index contributed by atoms with van der Waals surface area (Å²) in [6, 6.07) is 4.71. The number of hydrogen-bond donors (Lipinski definition) is 2. The van der Waals surface area contributed by atoms with Crippen molar-refractivity contribution in [1.82, 2.24) is 15.5 Å². The molecule has 0 unspecified atom stereocenters. The standard InChI is InChI=1S/C20H28FN3O3/c1-13(2)6-5-7-14(3)22-17(25)12-24-18(26)20(4,23-19(24)27)15-8-10-16(21)11-9-15/h8-11,13-14H,5-7,12H2,1-4H3,(H,22,25)(H,23,27)/t14-,20+/m1/s1. The van der Waals surface area contributed by atoms with Gasteiger partial charge in [-0.1, -0.05) is 38.8 Å². The third-order valence-electron chi connectivity index (χ3n) is 4.82. The van der Waals surface area contributed by atoms with Crippen LogP contribution >= 0.6 is 0 Å². The van der Waals surface area contributed by atoms with Crippen LogP contribution in [-0.2, 0) is 15.1 Å². The van der Waals surface area contributed by atoms with Gasteiger partial charge in [0.05, 0.1) is 0 Å². The lowest BCUT2D eigenvalue weighted by atomic mass is 9.92. The van der Waals surface area contributed by atoms with Gasteiger partial charge in [-0.2, -0.15) is 0 Å². The lowest BCUT2D eigenvalue weighted by Crippen LogP contribution is -2.45. The van der Waals surface area contributed by atoms with Crippen LogP contribution in [0.1, 0.15) is 52.5 Å². The summed E-state index contributed by atoms with van der Waals surface area (Å²) in [6.45, 7) is 7.42. The lowest BCUT2D eigenvalue weighted by Gasteiger charge is -2.22. The summed E-state index contributed by atoms with van der Waals surface area (Å²) < 4.78 is 13.1. The molecule has 1 aromatic rings. The molecule has 2 atom stereocenters. The average molecular weight is 377 g/mol. The number of urea groups is 1. The van der Waals surface area contributed by atoms with Gasteiger partial charge < -0.3 is 10.6 Å². The van der Waals surface area contributed by atoms with Gasteiger partial charge in [-0.15, -0.1) is 0 Å². The maximum atomic E-state index is 13.1. The molecule has 1 saturated heterocycles. The quantitative estimate of drug-likeness (QED) is 0.684. The molecule has 7 heteroatoms. The van der Waals surface area contributed by atoms with Crippen LogP contribution in [0.4, 0.5) is 9.18 Å².